The van der Waals surface area contributed by atoms with Crippen LogP contribution in [0.1, 0.15) is 53.0 Å². The zero-order valence-corrected chi connectivity index (χ0v) is 29.3. The van der Waals surface area contributed by atoms with Gasteiger partial charge in [0.15, 0.2) is 0 Å². The third kappa shape index (κ3) is 27.6. The maximum Gasteiger partial charge on any atom is 0.315 e. The summed E-state index contributed by atoms with van der Waals surface area (Å²) in [6, 6.07) is 7.80. The maximum atomic E-state index is 12.2. The summed E-state index contributed by atoms with van der Waals surface area (Å²) in [4.78, 5) is 25.0. The molecule has 0 aliphatic heterocycles. The minimum Gasteiger partial charge on any atom is -0.378 e. The molecule has 10 nitrogen and oxygen atoms in total. The number of rotatable bonds is 24. The van der Waals surface area contributed by atoms with Gasteiger partial charge in [0, 0.05) is 37.1 Å². The predicted molar refractivity (Wildman–Crippen MR) is 183 cm³/mol. The second-order valence-corrected chi connectivity index (χ2v) is 12.1. The lowest BCUT2D eigenvalue weighted by Crippen LogP contribution is -2.36. The minimum absolute atomic E-state index is 0.0304. The molecule has 1 aromatic carbocycles. The highest BCUT2D eigenvalue weighted by Gasteiger charge is 2.07. The number of benzene rings is 1. The number of hydrogen-bond acceptors (Lipinski definition) is 9. The van der Waals surface area contributed by atoms with Crippen molar-refractivity contribution in [1.29, 1.82) is 0 Å². The third-order valence-corrected chi connectivity index (χ3v) is 7.96. The first kappa shape index (κ1) is 42.0. The summed E-state index contributed by atoms with van der Waals surface area (Å²) in [7, 11) is 5.18. The van der Waals surface area contributed by atoms with E-state index in [1.54, 1.807) is 21.6 Å². The molecule has 1 atom stereocenters. The van der Waals surface area contributed by atoms with Crippen LogP contribution in [0, 0.1) is 17.8 Å². The molecule has 0 spiro atoms. The molecule has 0 saturated heterocycles. The Hall–Kier alpha value is -1.98. The van der Waals surface area contributed by atoms with Crippen LogP contribution in [0.15, 0.2) is 29.2 Å². The van der Waals surface area contributed by atoms with Gasteiger partial charge in [0.1, 0.15) is 5.44 Å². The van der Waals surface area contributed by atoms with E-state index in [9.17, 15) is 9.59 Å². The molecule has 0 radical (unpaired) electrons. The number of amides is 3. The summed E-state index contributed by atoms with van der Waals surface area (Å²) in [5, 5.41) is 11.4. The van der Waals surface area contributed by atoms with Crippen LogP contribution < -0.4 is 21.3 Å². The fourth-order valence-electron chi connectivity index (χ4n) is 3.16. The molecule has 1 rings (SSSR count). The molecule has 0 aliphatic rings. The second kappa shape index (κ2) is 31.0. The number of unbranched alkanes of at least 4 members (excludes halogenated alkanes) is 1. The van der Waals surface area contributed by atoms with Crippen molar-refractivity contribution in [3.8, 4) is 11.8 Å². The summed E-state index contributed by atoms with van der Waals surface area (Å²) >= 11 is 0. The average Bonchev–Trinajstić information content (AvgIpc) is 3.02. The van der Waals surface area contributed by atoms with Crippen molar-refractivity contribution in [2.45, 2.75) is 64.2 Å². The molecule has 1 aromatic rings. The van der Waals surface area contributed by atoms with Gasteiger partial charge in [-0.15, -0.1) is 0 Å². The van der Waals surface area contributed by atoms with Crippen molar-refractivity contribution in [3.05, 3.63) is 29.8 Å². The summed E-state index contributed by atoms with van der Waals surface area (Å²) < 4.78 is 22.1. The van der Waals surface area contributed by atoms with Crippen LogP contribution >= 0.6 is 21.6 Å². The molecule has 0 saturated carbocycles. The largest absolute Gasteiger partial charge is 0.378 e. The number of nitrogens with one attached hydrogen (secondary N) is 4. The normalized spacial score (nSPS) is 11.2. The SMILES string of the molecule is CC.CNCCOCCOCCOCCNC(=O)Cc1ccc(SSC(C)OCCCCNC(=O)NCC#CC(C)C)cc1. The standard InChI is InChI=1S/C30H50N4O6S2.C2H6/c1-25(2)8-7-14-34-30(36)33-13-5-6-17-40-26(3)41-42-28-11-9-27(10-12-28)24-29(35)32-16-19-38-21-23-39-22-20-37-18-15-31-4;1-2/h9-12,25-26,31H,5-6,13-24H2,1-4H3,(H,32,35)(H2,33,34,36);1-2H3. The fraction of sp³-hybridized carbons (Fsp3) is 0.688. The van der Waals surface area contributed by atoms with Crippen LogP contribution in [0.5, 0.6) is 0 Å². The number of ether oxygens (including phenoxy) is 4. The van der Waals surface area contributed by atoms with Gasteiger partial charge in [0.05, 0.1) is 52.6 Å². The molecule has 0 aliphatic carbocycles. The van der Waals surface area contributed by atoms with Gasteiger partial charge >= 0.3 is 6.03 Å². The Labute approximate surface area is 274 Å². The van der Waals surface area contributed by atoms with Crippen molar-refractivity contribution in [1.82, 2.24) is 21.3 Å². The highest BCUT2D eigenvalue weighted by Crippen LogP contribution is 2.34. The molecule has 4 N–H and O–H groups in total. The van der Waals surface area contributed by atoms with Crippen molar-refractivity contribution < 1.29 is 28.5 Å². The van der Waals surface area contributed by atoms with Crippen LogP contribution in [0.4, 0.5) is 4.79 Å². The van der Waals surface area contributed by atoms with E-state index in [2.05, 4.69) is 33.1 Å². The maximum absolute atomic E-state index is 12.2. The van der Waals surface area contributed by atoms with E-state index < -0.39 is 0 Å². The molecular formula is C32H56N4O6S2. The summed E-state index contributed by atoms with van der Waals surface area (Å²) in [6.45, 7) is 16.2. The van der Waals surface area contributed by atoms with Gasteiger partial charge in [-0.1, -0.05) is 73.3 Å². The molecule has 252 valence electrons. The number of hydrogen-bond donors (Lipinski definition) is 4. The summed E-state index contributed by atoms with van der Waals surface area (Å²) in [5.74, 6) is 6.20. The van der Waals surface area contributed by atoms with Crippen molar-refractivity contribution >= 4 is 33.5 Å². The minimum atomic E-state index is -0.193. The molecule has 1 unspecified atom stereocenters. The molecule has 3 amide bonds. The Morgan fingerprint density at radius 1 is 0.795 bits per heavy atom. The van der Waals surface area contributed by atoms with E-state index in [1.165, 1.54) is 0 Å². The van der Waals surface area contributed by atoms with Crippen LogP contribution in [-0.4, -0.2) is 96.8 Å². The van der Waals surface area contributed by atoms with Crippen LogP contribution in [0.25, 0.3) is 0 Å². The van der Waals surface area contributed by atoms with Gasteiger partial charge in [-0.25, -0.2) is 4.79 Å². The lowest BCUT2D eigenvalue weighted by Gasteiger charge is -2.12. The van der Waals surface area contributed by atoms with E-state index in [-0.39, 0.29) is 17.4 Å². The topological polar surface area (TPSA) is 119 Å². The first-order chi connectivity index (χ1) is 21.4. The Balaban J connectivity index is 0.00000904. The lowest BCUT2D eigenvalue weighted by atomic mass is 10.1. The molecule has 0 bridgehead atoms. The zero-order chi connectivity index (χ0) is 32.7. The Kier molecular flexibility index (Phi) is 29.6. The van der Waals surface area contributed by atoms with Crippen LogP contribution in [-0.2, 0) is 30.2 Å². The van der Waals surface area contributed by atoms with Crippen molar-refractivity contribution in [2.75, 3.05) is 79.5 Å². The van der Waals surface area contributed by atoms with Gasteiger partial charge in [-0.3, -0.25) is 4.79 Å². The van der Waals surface area contributed by atoms with E-state index in [0.717, 1.165) is 29.8 Å². The second-order valence-electron chi connectivity index (χ2n) is 9.52. The smallest absolute Gasteiger partial charge is 0.315 e. The number of carbonyl (C=O) groups is 2. The van der Waals surface area contributed by atoms with Gasteiger partial charge in [0.25, 0.3) is 0 Å². The van der Waals surface area contributed by atoms with Gasteiger partial charge in [-0.05, 0) is 44.5 Å². The molecule has 44 heavy (non-hydrogen) atoms. The average molecular weight is 657 g/mol. The Morgan fingerprint density at radius 2 is 1.43 bits per heavy atom. The zero-order valence-electron chi connectivity index (χ0n) is 27.6. The molecule has 0 heterocycles. The van der Waals surface area contributed by atoms with Crippen molar-refractivity contribution in [3.63, 3.8) is 0 Å². The predicted octanol–water partition coefficient (Wildman–Crippen LogP) is 4.48. The highest BCUT2D eigenvalue weighted by atomic mass is 33.1. The van der Waals surface area contributed by atoms with E-state index in [0.29, 0.717) is 78.2 Å². The number of likely N-dealkylation sites (N-methyl/N-ethyl adjacent to an activating group) is 1. The molecular weight excluding hydrogens is 601 g/mol. The third-order valence-electron chi connectivity index (χ3n) is 5.31. The quantitative estimate of drug-likeness (QED) is 0.0553. The van der Waals surface area contributed by atoms with E-state index >= 15 is 0 Å². The van der Waals surface area contributed by atoms with Gasteiger partial charge < -0.3 is 40.2 Å². The van der Waals surface area contributed by atoms with Crippen LogP contribution in [0.3, 0.4) is 0 Å². The number of carbonyl (C=O) groups excluding carboxylic acids is 2. The Morgan fingerprint density at radius 3 is 2.07 bits per heavy atom. The first-order valence-corrected chi connectivity index (χ1v) is 17.8. The molecule has 12 heteroatoms. The van der Waals surface area contributed by atoms with Crippen LogP contribution in [0.2, 0.25) is 0 Å². The first-order valence-electron chi connectivity index (χ1n) is 15.6. The summed E-state index contributed by atoms with van der Waals surface area (Å²) in [6.07, 6.45) is 2.05. The molecule has 0 fully saturated rings. The van der Waals surface area contributed by atoms with Crippen molar-refractivity contribution in [2.24, 2.45) is 5.92 Å². The lowest BCUT2D eigenvalue weighted by molar-refractivity contribution is -0.120. The van der Waals surface area contributed by atoms with Gasteiger partial charge in [0.2, 0.25) is 5.91 Å². The molecule has 0 aromatic heterocycles. The summed E-state index contributed by atoms with van der Waals surface area (Å²) in [5.41, 5.74) is 0.996. The highest BCUT2D eigenvalue weighted by molar-refractivity contribution is 8.76. The van der Waals surface area contributed by atoms with E-state index in [1.807, 2.05) is 65.9 Å². The van der Waals surface area contributed by atoms with Gasteiger partial charge in [-0.2, -0.15) is 0 Å². The Bertz CT molecular complexity index is 897. The number of urea groups is 1. The van der Waals surface area contributed by atoms with E-state index in [4.69, 9.17) is 18.9 Å². The fourth-order valence-corrected chi connectivity index (χ4v) is 5.05. The monoisotopic (exact) mass is 656 g/mol.